The van der Waals surface area contributed by atoms with E-state index in [1.807, 2.05) is 69.3 Å². The number of anilines is 3. The van der Waals surface area contributed by atoms with E-state index in [4.69, 9.17) is 13.8 Å². The molecular weight excluding hydrogens is 1000 g/mol. The summed E-state index contributed by atoms with van der Waals surface area (Å²) in [6.45, 7) is 18.7. The average molecular weight is 1050 g/mol. The molecule has 5 heterocycles. The molecule has 0 atom stereocenters. The van der Waals surface area contributed by atoms with Gasteiger partial charge in [-0.15, -0.1) is 53.1 Å². The molecule has 6 nitrogen and oxygen atoms in total. The van der Waals surface area contributed by atoms with Gasteiger partial charge < -0.3 is 23.7 Å². The second-order valence-electron chi connectivity index (χ2n) is 18.6. The minimum absolute atomic E-state index is 0. The summed E-state index contributed by atoms with van der Waals surface area (Å²) >= 11 is 0. The van der Waals surface area contributed by atoms with Gasteiger partial charge in [0.25, 0.3) is 0 Å². The minimum Gasteiger partial charge on any atom is -0.464 e. The van der Waals surface area contributed by atoms with Crippen LogP contribution in [-0.2, 0) is 38.1 Å². The van der Waals surface area contributed by atoms with E-state index in [2.05, 4.69) is 100 Å². The number of rotatable bonds is 7. The summed E-state index contributed by atoms with van der Waals surface area (Å²) in [5, 5.41) is 1.55. The summed E-state index contributed by atoms with van der Waals surface area (Å²) in [6.07, 6.45) is 0.274. The smallest absolute Gasteiger partial charge is 0.464 e. The van der Waals surface area contributed by atoms with Gasteiger partial charge in [0.15, 0.2) is 0 Å². The van der Waals surface area contributed by atoms with Crippen LogP contribution < -0.4 is 4.90 Å². The molecule has 0 aliphatic heterocycles. The fraction of sp³-hybridized carbons (Fsp3) is 0.218. The maximum atomic E-state index is 15.1. The third-order valence-electron chi connectivity index (χ3n) is 11.6. The number of nitrogens with zero attached hydrogens (tertiary/aromatic N) is 4. The van der Waals surface area contributed by atoms with Gasteiger partial charge in [0, 0.05) is 51.9 Å². The third-order valence-corrected chi connectivity index (χ3v) is 11.6. The van der Waals surface area contributed by atoms with Crippen molar-refractivity contribution < 1.29 is 43.1 Å². The van der Waals surface area contributed by atoms with Crippen molar-refractivity contribution >= 4 is 39.0 Å². The molecule has 9 aromatic rings. The van der Waals surface area contributed by atoms with Crippen LogP contribution >= 0.6 is 0 Å². The number of alkyl halides is 3. The van der Waals surface area contributed by atoms with Gasteiger partial charge in [0.1, 0.15) is 22.7 Å². The Kier molecular flexibility index (Phi) is 11.8. The largest absolute Gasteiger partial charge is 2.00 e. The van der Waals surface area contributed by atoms with Crippen molar-refractivity contribution in [1.82, 2.24) is 15.0 Å². The molecule has 0 aliphatic carbocycles. The first-order chi connectivity index (χ1) is 30.3. The van der Waals surface area contributed by atoms with Crippen LogP contribution in [0.5, 0.6) is 0 Å². The summed E-state index contributed by atoms with van der Waals surface area (Å²) in [6, 6.07) is 38.8. The first-order valence-electron chi connectivity index (χ1n) is 21.2. The van der Waals surface area contributed by atoms with Crippen LogP contribution in [0.1, 0.15) is 75.1 Å². The summed E-state index contributed by atoms with van der Waals surface area (Å²) in [4.78, 5) is 15.8. The Morgan fingerprint density at radius 3 is 1.45 bits per heavy atom. The second-order valence-corrected chi connectivity index (χ2v) is 18.6. The van der Waals surface area contributed by atoms with Crippen LogP contribution in [-0.4, -0.2) is 15.0 Å². The van der Waals surface area contributed by atoms with E-state index in [1.54, 1.807) is 29.6 Å². The summed E-state index contributed by atoms with van der Waals surface area (Å²) in [5.74, 6) is 1.27. The number of hydrogen-bond acceptors (Lipinski definition) is 6. The molecule has 0 bridgehead atoms. The van der Waals surface area contributed by atoms with Crippen LogP contribution in [0.4, 0.5) is 30.2 Å². The maximum absolute atomic E-state index is 15.1. The van der Waals surface area contributed by atoms with E-state index in [0.29, 0.717) is 56.4 Å². The number of aromatic nitrogens is 3. The summed E-state index contributed by atoms with van der Waals surface area (Å²) < 4.78 is 58.4. The molecule has 0 N–H and O–H groups in total. The Bertz CT molecular complexity index is 3190. The van der Waals surface area contributed by atoms with Crippen molar-refractivity contribution in [3.05, 3.63) is 167 Å². The first kappa shape index (κ1) is 45.3. The average Bonchev–Trinajstić information content (AvgIpc) is 3.89. The monoisotopic (exact) mass is 1050 g/mol. The molecule has 4 aromatic carbocycles. The molecule has 0 saturated heterocycles. The van der Waals surface area contributed by atoms with E-state index in [0.717, 1.165) is 39.8 Å². The van der Waals surface area contributed by atoms with Crippen molar-refractivity contribution in [2.45, 2.75) is 79.3 Å². The van der Waals surface area contributed by atoms with Crippen molar-refractivity contribution in [3.63, 3.8) is 0 Å². The zero-order valence-electron chi connectivity index (χ0n) is 37.6. The van der Waals surface area contributed by atoms with Gasteiger partial charge in [-0.05, 0) is 88.6 Å². The number of pyridine rings is 3. The Balaban J connectivity index is 0.00000576. The van der Waals surface area contributed by atoms with Crippen molar-refractivity contribution in [2.75, 3.05) is 4.90 Å². The summed E-state index contributed by atoms with van der Waals surface area (Å²) in [5.41, 5.74) is 9.06. The molecule has 0 radical (unpaired) electrons. The van der Waals surface area contributed by atoms with Crippen molar-refractivity contribution in [1.29, 1.82) is 0 Å². The molecule has 10 heteroatoms. The molecule has 65 heavy (non-hydrogen) atoms. The van der Waals surface area contributed by atoms with Crippen LogP contribution in [0.2, 0.25) is 0 Å². The predicted octanol–water partition coefficient (Wildman–Crippen LogP) is 15.6. The van der Waals surface area contributed by atoms with E-state index >= 15 is 13.2 Å². The SMILES string of the molecule is Cc1cc(-c2nccc3cc(-c4ccc(C(C)(C)C)cc4)oc23)[c-]c(N(c2[c-]c(-c3nccc4cc(-c5ccc(C(C)(C)C)cc5)oc34)cc(C(F)(F)F)c2)c2c(C)ccnc2C)c1.[Pt+2]. The van der Waals surface area contributed by atoms with Gasteiger partial charge in [-0.3, -0.25) is 4.98 Å². The van der Waals surface area contributed by atoms with Crippen LogP contribution in [0.25, 0.3) is 67.1 Å². The van der Waals surface area contributed by atoms with Gasteiger partial charge >= 0.3 is 27.2 Å². The molecule has 9 rings (SSSR count). The molecule has 0 unspecified atom stereocenters. The van der Waals surface area contributed by atoms with Gasteiger partial charge in [0.2, 0.25) is 0 Å². The van der Waals surface area contributed by atoms with E-state index in [1.165, 1.54) is 11.1 Å². The minimum atomic E-state index is -4.72. The first-order valence-corrected chi connectivity index (χ1v) is 21.2. The number of aryl methyl sites for hydroxylation is 3. The number of halogens is 3. The number of furan rings is 2. The Morgan fingerprint density at radius 1 is 0.523 bits per heavy atom. The number of fused-ring (bicyclic) bond motifs is 2. The Labute approximate surface area is 391 Å². The molecule has 0 spiro atoms. The molecule has 0 fully saturated rings. The Morgan fingerprint density at radius 2 is 0.985 bits per heavy atom. The second kappa shape index (κ2) is 16.9. The zero-order valence-corrected chi connectivity index (χ0v) is 39.9. The van der Waals surface area contributed by atoms with E-state index in [9.17, 15) is 0 Å². The van der Waals surface area contributed by atoms with E-state index in [-0.39, 0.29) is 48.8 Å². The topological polar surface area (TPSA) is 68.2 Å². The standard InChI is InChI=1S/C55H47F3N4O2.Pt/c1-32-24-39(48-51-37(19-22-60-48)29-46(63-51)35-10-14-41(15-11-35)53(4,5)6)27-44(25-32)62(50-33(2)18-21-59-34(50)3)45-28-40(26-43(31-45)55(56,57)58)49-52-38(20-23-61-49)30-47(64-52)36-12-16-42(17-13-36)54(7,8)9;/h10-26,29-31H,1-9H3;/q-2;+2. The van der Waals surface area contributed by atoms with Gasteiger partial charge in [-0.2, -0.15) is 13.2 Å². The van der Waals surface area contributed by atoms with Gasteiger partial charge in [-0.1, -0.05) is 97.0 Å². The predicted molar refractivity (Wildman–Crippen MR) is 250 cm³/mol. The molecule has 0 aliphatic rings. The van der Waals surface area contributed by atoms with Crippen LogP contribution in [0, 0.1) is 32.9 Å². The molecular formula is C55H47F3N4O2Pt. The van der Waals surface area contributed by atoms with Crippen molar-refractivity contribution in [2.24, 2.45) is 0 Å². The molecule has 0 amide bonds. The van der Waals surface area contributed by atoms with Gasteiger partial charge in [0.05, 0.1) is 11.4 Å². The Hall–Kier alpha value is -6.31. The molecule has 330 valence electrons. The van der Waals surface area contributed by atoms with Crippen LogP contribution in [0.15, 0.2) is 131 Å². The number of benzene rings is 4. The fourth-order valence-corrected chi connectivity index (χ4v) is 8.17. The van der Waals surface area contributed by atoms with Crippen molar-refractivity contribution in [3.8, 4) is 45.2 Å². The summed E-state index contributed by atoms with van der Waals surface area (Å²) in [7, 11) is 0. The zero-order chi connectivity index (χ0) is 45.3. The third kappa shape index (κ3) is 8.91. The number of hydrogen-bond donors (Lipinski definition) is 0. The molecule has 5 aromatic heterocycles. The van der Waals surface area contributed by atoms with Gasteiger partial charge in [-0.25, -0.2) is 0 Å². The van der Waals surface area contributed by atoms with E-state index < -0.39 is 11.7 Å². The maximum Gasteiger partial charge on any atom is 2.00 e. The normalized spacial score (nSPS) is 12.2. The van der Waals surface area contributed by atoms with Crippen LogP contribution in [0.3, 0.4) is 0 Å². The fourth-order valence-electron chi connectivity index (χ4n) is 8.17. The molecule has 0 saturated carbocycles. The quantitative estimate of drug-likeness (QED) is 0.148.